The molecule has 0 bridgehead atoms. The fraction of sp³-hybridized carbons (Fsp3) is 0.167. The summed E-state index contributed by atoms with van der Waals surface area (Å²) in [5.74, 6) is 0. The lowest BCUT2D eigenvalue weighted by molar-refractivity contribution is 1.47. The summed E-state index contributed by atoms with van der Waals surface area (Å²) in [6, 6.07) is 0. The van der Waals surface area contributed by atoms with Crippen molar-refractivity contribution in [2.75, 3.05) is 0 Å². The number of thioether (sulfide) groups is 1. The predicted octanol–water partition coefficient (Wildman–Crippen LogP) is 1.70. The molecule has 1 aliphatic rings. The molecule has 0 saturated heterocycles. The molecule has 1 rings (SSSR count). The van der Waals surface area contributed by atoms with Crippen LogP contribution < -0.4 is 0 Å². The minimum Gasteiger partial charge on any atom is -0.185 e. The summed E-state index contributed by atoms with van der Waals surface area (Å²) in [5, 5.41) is 10.5. The molecular weight excluding hydrogens is 118 g/mol. The van der Waals surface area contributed by atoms with Gasteiger partial charge in [-0.2, -0.15) is 5.26 Å². The molecule has 1 aliphatic carbocycles. The first kappa shape index (κ1) is 5.46. The van der Waals surface area contributed by atoms with E-state index in [2.05, 4.69) is 0 Å². The van der Waals surface area contributed by atoms with Crippen LogP contribution in [0.25, 0.3) is 0 Å². The average molecular weight is 123 g/mol. The van der Waals surface area contributed by atoms with Gasteiger partial charge in [0.25, 0.3) is 0 Å². The van der Waals surface area contributed by atoms with Crippen LogP contribution in [0.4, 0.5) is 0 Å². The number of rotatable bonds is 1. The summed E-state index contributed by atoms with van der Waals surface area (Å²) >= 11 is 1.27. The highest BCUT2D eigenvalue weighted by molar-refractivity contribution is 8.04. The lowest BCUT2D eigenvalue weighted by Gasteiger charge is -1.90. The van der Waals surface area contributed by atoms with Gasteiger partial charge in [0.1, 0.15) is 5.40 Å². The largest absolute Gasteiger partial charge is 0.185 e. The van der Waals surface area contributed by atoms with Crippen molar-refractivity contribution in [3.8, 4) is 5.40 Å². The zero-order valence-corrected chi connectivity index (χ0v) is 5.06. The topological polar surface area (TPSA) is 23.8 Å². The smallest absolute Gasteiger partial charge is 0.134 e. The van der Waals surface area contributed by atoms with E-state index in [4.69, 9.17) is 5.26 Å². The first-order valence-corrected chi connectivity index (χ1v) is 3.21. The van der Waals surface area contributed by atoms with Gasteiger partial charge in [-0.25, -0.2) is 0 Å². The van der Waals surface area contributed by atoms with Crippen LogP contribution in [-0.4, -0.2) is 5.25 Å². The van der Waals surface area contributed by atoms with Gasteiger partial charge in [-0.1, -0.05) is 24.3 Å². The van der Waals surface area contributed by atoms with Crippen LogP contribution in [0.15, 0.2) is 24.3 Å². The summed E-state index contributed by atoms with van der Waals surface area (Å²) in [4.78, 5) is 0. The maximum atomic E-state index is 8.17. The van der Waals surface area contributed by atoms with E-state index in [1.54, 1.807) is 0 Å². The van der Waals surface area contributed by atoms with Crippen LogP contribution >= 0.6 is 11.8 Å². The molecular formula is C6H5NS. The Hall–Kier alpha value is -0.680. The van der Waals surface area contributed by atoms with Crippen molar-refractivity contribution in [3.63, 3.8) is 0 Å². The lowest BCUT2D eigenvalue weighted by atomic mass is 10.5. The minimum atomic E-state index is 0.306. The SMILES string of the molecule is N#CSC1C=CC=C1. The Kier molecular flexibility index (Phi) is 1.76. The van der Waals surface area contributed by atoms with E-state index in [9.17, 15) is 0 Å². The van der Waals surface area contributed by atoms with Crippen molar-refractivity contribution in [1.82, 2.24) is 0 Å². The molecule has 0 spiro atoms. The lowest BCUT2D eigenvalue weighted by Crippen LogP contribution is -1.83. The van der Waals surface area contributed by atoms with Crippen molar-refractivity contribution in [3.05, 3.63) is 24.3 Å². The standard InChI is InChI=1S/C6H5NS/c7-5-8-6-3-1-2-4-6/h1-4,6H. The predicted molar refractivity (Wildman–Crippen MR) is 35.3 cm³/mol. The molecule has 0 aromatic carbocycles. The molecule has 0 aromatic heterocycles. The minimum absolute atomic E-state index is 0.306. The summed E-state index contributed by atoms with van der Waals surface area (Å²) in [6.45, 7) is 0. The Morgan fingerprint density at radius 3 is 2.50 bits per heavy atom. The van der Waals surface area contributed by atoms with Gasteiger partial charge in [-0.3, -0.25) is 0 Å². The molecule has 0 aromatic rings. The summed E-state index contributed by atoms with van der Waals surface area (Å²) < 4.78 is 0. The van der Waals surface area contributed by atoms with Crippen LogP contribution in [0.3, 0.4) is 0 Å². The van der Waals surface area contributed by atoms with E-state index in [0.717, 1.165) is 0 Å². The second-order valence-electron chi connectivity index (χ2n) is 1.44. The van der Waals surface area contributed by atoms with E-state index >= 15 is 0 Å². The van der Waals surface area contributed by atoms with E-state index < -0.39 is 0 Å². The number of hydrogen-bond donors (Lipinski definition) is 0. The third kappa shape index (κ3) is 1.14. The molecule has 0 amide bonds. The molecule has 8 heavy (non-hydrogen) atoms. The maximum Gasteiger partial charge on any atom is 0.134 e. The molecule has 0 heterocycles. The molecule has 40 valence electrons. The van der Waals surface area contributed by atoms with Gasteiger partial charge in [0.15, 0.2) is 0 Å². The van der Waals surface area contributed by atoms with Gasteiger partial charge in [0, 0.05) is 0 Å². The fourth-order valence-electron chi connectivity index (χ4n) is 0.551. The number of nitrogens with zero attached hydrogens (tertiary/aromatic N) is 1. The van der Waals surface area contributed by atoms with E-state index in [1.165, 1.54) is 11.8 Å². The Labute approximate surface area is 52.7 Å². The van der Waals surface area contributed by atoms with Crippen molar-refractivity contribution in [1.29, 1.82) is 5.26 Å². The highest BCUT2D eigenvalue weighted by Crippen LogP contribution is 2.15. The van der Waals surface area contributed by atoms with Gasteiger partial charge >= 0.3 is 0 Å². The van der Waals surface area contributed by atoms with E-state index in [0.29, 0.717) is 5.25 Å². The summed E-state index contributed by atoms with van der Waals surface area (Å²) in [7, 11) is 0. The number of nitriles is 1. The molecule has 0 radical (unpaired) electrons. The van der Waals surface area contributed by atoms with Crippen LogP contribution in [-0.2, 0) is 0 Å². The third-order valence-corrected chi connectivity index (χ3v) is 1.59. The van der Waals surface area contributed by atoms with Crippen molar-refractivity contribution in [2.45, 2.75) is 5.25 Å². The highest BCUT2D eigenvalue weighted by Gasteiger charge is 2.00. The first-order chi connectivity index (χ1) is 3.93. The Morgan fingerprint density at radius 1 is 1.38 bits per heavy atom. The first-order valence-electron chi connectivity index (χ1n) is 2.33. The van der Waals surface area contributed by atoms with Gasteiger partial charge < -0.3 is 0 Å². The monoisotopic (exact) mass is 123 g/mol. The summed E-state index contributed by atoms with van der Waals surface area (Å²) in [5.41, 5.74) is 0. The Morgan fingerprint density at radius 2 is 2.00 bits per heavy atom. The molecule has 0 atom stereocenters. The quantitative estimate of drug-likeness (QED) is 0.495. The fourth-order valence-corrected chi connectivity index (χ4v) is 1.01. The van der Waals surface area contributed by atoms with E-state index in [-0.39, 0.29) is 0 Å². The zero-order chi connectivity index (χ0) is 5.82. The van der Waals surface area contributed by atoms with Crippen molar-refractivity contribution in [2.24, 2.45) is 0 Å². The van der Waals surface area contributed by atoms with Gasteiger partial charge in [0.2, 0.25) is 0 Å². The molecule has 0 saturated carbocycles. The van der Waals surface area contributed by atoms with Crippen LogP contribution in [0, 0.1) is 10.7 Å². The number of allylic oxidation sites excluding steroid dienone is 2. The second kappa shape index (κ2) is 2.58. The van der Waals surface area contributed by atoms with Gasteiger partial charge in [0.05, 0.1) is 5.25 Å². The van der Waals surface area contributed by atoms with E-state index in [1.807, 2.05) is 29.7 Å². The molecule has 0 aliphatic heterocycles. The maximum absolute atomic E-state index is 8.17. The van der Waals surface area contributed by atoms with Crippen molar-refractivity contribution < 1.29 is 0 Å². The highest BCUT2D eigenvalue weighted by atomic mass is 32.2. The normalized spacial score (nSPS) is 16.9. The molecule has 0 fully saturated rings. The number of hydrogen-bond acceptors (Lipinski definition) is 2. The average Bonchev–Trinajstić information content (AvgIpc) is 2.19. The second-order valence-corrected chi connectivity index (χ2v) is 2.41. The van der Waals surface area contributed by atoms with Crippen LogP contribution in [0.5, 0.6) is 0 Å². The third-order valence-electron chi connectivity index (χ3n) is 0.901. The van der Waals surface area contributed by atoms with Gasteiger partial charge in [-0.15, -0.1) is 0 Å². The molecule has 0 unspecified atom stereocenters. The van der Waals surface area contributed by atoms with Crippen LogP contribution in [0.2, 0.25) is 0 Å². The Balaban J connectivity index is 2.41. The summed E-state index contributed by atoms with van der Waals surface area (Å²) in [6.07, 6.45) is 7.89. The molecule has 2 heteroatoms. The Bertz CT molecular complexity index is 152. The van der Waals surface area contributed by atoms with Crippen LogP contribution in [0.1, 0.15) is 0 Å². The number of thiocyanates is 1. The molecule has 0 N–H and O–H groups in total. The van der Waals surface area contributed by atoms with Crippen molar-refractivity contribution >= 4 is 11.8 Å². The van der Waals surface area contributed by atoms with Gasteiger partial charge in [-0.05, 0) is 11.8 Å². The zero-order valence-electron chi connectivity index (χ0n) is 4.24. The molecule has 1 nitrogen and oxygen atoms in total.